The first-order valence-electron chi connectivity index (χ1n) is 6.14. The van der Waals surface area contributed by atoms with Crippen LogP contribution in [0.15, 0.2) is 35.5 Å². The Labute approximate surface area is 119 Å². The smallest absolute Gasteiger partial charge is 0.283 e. The number of hydrogen-bond acceptors (Lipinski definition) is 6. The molecule has 0 bridgehead atoms. The second-order valence-electron chi connectivity index (χ2n) is 4.82. The van der Waals surface area contributed by atoms with E-state index in [1.165, 1.54) is 0 Å². The third-order valence-corrected chi connectivity index (χ3v) is 4.12. The molecule has 2 aliphatic rings. The normalized spacial score (nSPS) is 19.3. The quantitative estimate of drug-likeness (QED) is 0.762. The Balaban J connectivity index is 2.16. The highest BCUT2D eigenvalue weighted by Gasteiger charge is 2.29. The van der Waals surface area contributed by atoms with Crippen LogP contribution in [0.5, 0.6) is 0 Å². The molecule has 0 amide bonds. The second-order valence-corrected chi connectivity index (χ2v) is 6.24. The Morgan fingerprint density at radius 3 is 2.75 bits per heavy atom. The monoisotopic (exact) mass is 301 g/mol. The summed E-state index contributed by atoms with van der Waals surface area (Å²) >= 11 is 0. The van der Waals surface area contributed by atoms with E-state index in [-0.39, 0.29) is 0 Å². The van der Waals surface area contributed by atoms with Crippen molar-refractivity contribution in [3.63, 3.8) is 0 Å². The molecule has 112 valence electrons. The second kappa shape index (κ2) is 5.37. The van der Waals surface area contributed by atoms with E-state index in [4.69, 9.17) is 9.29 Å². The molecule has 20 heavy (non-hydrogen) atoms. The van der Waals surface area contributed by atoms with E-state index in [1.807, 2.05) is 36.1 Å². The Bertz CT molecular complexity index is 580. The highest BCUT2D eigenvalue weighted by Crippen LogP contribution is 2.27. The minimum Gasteiger partial charge on any atom is -0.495 e. The van der Waals surface area contributed by atoms with Crippen LogP contribution in [-0.2, 0) is 14.9 Å². The van der Waals surface area contributed by atoms with Gasteiger partial charge >= 0.3 is 0 Å². The van der Waals surface area contributed by atoms with E-state index in [0.717, 1.165) is 17.1 Å². The van der Waals surface area contributed by atoms with Crippen molar-refractivity contribution in [2.45, 2.75) is 6.92 Å². The van der Waals surface area contributed by atoms with Gasteiger partial charge in [-0.2, -0.15) is 8.42 Å². The lowest BCUT2D eigenvalue weighted by Crippen LogP contribution is -2.35. The van der Waals surface area contributed by atoms with Crippen LogP contribution < -0.4 is 0 Å². The third kappa shape index (κ3) is 3.07. The van der Waals surface area contributed by atoms with Crippen LogP contribution in [-0.4, -0.2) is 61.0 Å². The largest absolute Gasteiger partial charge is 0.495 e. The lowest BCUT2D eigenvalue weighted by Gasteiger charge is -2.31. The molecule has 0 saturated heterocycles. The molecule has 0 atom stereocenters. The predicted octanol–water partition coefficient (Wildman–Crippen LogP) is 0.585. The minimum absolute atomic E-state index is 0.420. The van der Waals surface area contributed by atoms with Gasteiger partial charge in [0, 0.05) is 14.1 Å². The van der Waals surface area contributed by atoms with Crippen LogP contribution in [0.1, 0.15) is 6.92 Å². The van der Waals surface area contributed by atoms with Crippen LogP contribution in [0.4, 0.5) is 0 Å². The molecular weight excluding hydrogens is 282 g/mol. The lowest BCUT2D eigenvalue weighted by atomic mass is 10.3. The van der Waals surface area contributed by atoms with Crippen molar-refractivity contribution in [3.05, 3.63) is 35.5 Å². The SMILES string of the molecule is CC1=C(N(C)CS(=O)(=O)O)CN(C2=CC=COC2)N1C. The lowest BCUT2D eigenvalue weighted by molar-refractivity contribution is 0.0855. The van der Waals surface area contributed by atoms with Crippen molar-refractivity contribution >= 4 is 10.1 Å². The summed E-state index contributed by atoms with van der Waals surface area (Å²) in [5, 5.41) is 3.96. The van der Waals surface area contributed by atoms with Crippen LogP contribution in [0.3, 0.4) is 0 Å². The van der Waals surface area contributed by atoms with Crippen molar-refractivity contribution in [1.82, 2.24) is 14.9 Å². The molecule has 1 N–H and O–H groups in total. The van der Waals surface area contributed by atoms with E-state index in [0.29, 0.717) is 13.2 Å². The number of hydrogen-bond donors (Lipinski definition) is 1. The maximum absolute atomic E-state index is 11.0. The molecule has 0 aliphatic carbocycles. The molecule has 0 aromatic carbocycles. The van der Waals surface area contributed by atoms with Gasteiger partial charge in [0.05, 0.1) is 29.9 Å². The molecule has 8 heteroatoms. The number of nitrogens with zero attached hydrogens (tertiary/aromatic N) is 3. The highest BCUT2D eigenvalue weighted by atomic mass is 32.2. The van der Waals surface area contributed by atoms with Gasteiger partial charge < -0.3 is 9.64 Å². The molecular formula is C12H19N3O4S. The molecule has 0 aromatic heterocycles. The van der Waals surface area contributed by atoms with Crippen LogP contribution >= 0.6 is 0 Å². The summed E-state index contributed by atoms with van der Waals surface area (Å²) in [5.41, 5.74) is 2.77. The molecule has 0 spiro atoms. The van der Waals surface area contributed by atoms with Crippen LogP contribution in [0.2, 0.25) is 0 Å². The fraction of sp³-hybridized carbons (Fsp3) is 0.500. The zero-order valence-electron chi connectivity index (χ0n) is 11.8. The average molecular weight is 301 g/mol. The summed E-state index contributed by atoms with van der Waals surface area (Å²) in [7, 11) is -0.486. The van der Waals surface area contributed by atoms with E-state index in [9.17, 15) is 8.42 Å². The summed E-state index contributed by atoms with van der Waals surface area (Å²) in [4.78, 5) is 1.54. The van der Waals surface area contributed by atoms with E-state index >= 15 is 0 Å². The fourth-order valence-electron chi connectivity index (χ4n) is 2.29. The molecule has 2 aliphatic heterocycles. The number of rotatable bonds is 4. The first kappa shape index (κ1) is 14.7. The van der Waals surface area contributed by atoms with Gasteiger partial charge in [-0.3, -0.25) is 14.6 Å². The van der Waals surface area contributed by atoms with Crippen molar-refractivity contribution in [2.75, 3.05) is 33.1 Å². The Kier molecular flexibility index (Phi) is 3.96. The zero-order valence-corrected chi connectivity index (χ0v) is 12.6. The van der Waals surface area contributed by atoms with Gasteiger partial charge in [0.25, 0.3) is 10.1 Å². The van der Waals surface area contributed by atoms with Crippen LogP contribution in [0, 0.1) is 0 Å². The predicted molar refractivity (Wildman–Crippen MR) is 74.5 cm³/mol. The van der Waals surface area contributed by atoms with Crippen molar-refractivity contribution < 1.29 is 17.7 Å². The minimum atomic E-state index is -4.04. The van der Waals surface area contributed by atoms with Gasteiger partial charge in [-0.05, 0) is 19.1 Å². The zero-order chi connectivity index (χ0) is 14.9. The van der Waals surface area contributed by atoms with Gasteiger partial charge in [0.2, 0.25) is 0 Å². The maximum atomic E-state index is 11.0. The molecule has 0 saturated carbocycles. The van der Waals surface area contributed by atoms with E-state index in [1.54, 1.807) is 18.2 Å². The van der Waals surface area contributed by atoms with Gasteiger partial charge in [-0.1, -0.05) is 0 Å². The average Bonchev–Trinajstić information content (AvgIpc) is 2.66. The summed E-state index contributed by atoms with van der Waals surface area (Å²) in [6, 6.07) is 0. The Morgan fingerprint density at radius 1 is 1.50 bits per heavy atom. The molecule has 0 fully saturated rings. The van der Waals surface area contributed by atoms with E-state index < -0.39 is 16.0 Å². The molecule has 0 aromatic rings. The topological polar surface area (TPSA) is 73.3 Å². The first-order chi connectivity index (χ1) is 9.29. The van der Waals surface area contributed by atoms with Gasteiger partial charge in [-0.15, -0.1) is 0 Å². The van der Waals surface area contributed by atoms with Crippen molar-refractivity contribution in [3.8, 4) is 0 Å². The van der Waals surface area contributed by atoms with Crippen molar-refractivity contribution in [2.24, 2.45) is 0 Å². The van der Waals surface area contributed by atoms with Crippen LogP contribution in [0.25, 0.3) is 0 Å². The molecule has 2 rings (SSSR count). The molecule has 2 heterocycles. The van der Waals surface area contributed by atoms with E-state index in [2.05, 4.69) is 0 Å². The highest BCUT2D eigenvalue weighted by molar-refractivity contribution is 7.85. The molecule has 7 nitrogen and oxygen atoms in total. The Hall–Kier alpha value is -1.67. The number of allylic oxidation sites excluding steroid dienone is 3. The standard InChI is InChI=1S/C12H19N3O4S/c1-10-12(13(2)9-20(16,17)18)7-15(14(10)3)11-5-4-6-19-8-11/h4-6H,7-9H2,1-3H3,(H,16,17,18). The molecule has 0 unspecified atom stereocenters. The number of likely N-dealkylation sites (N-methyl/N-ethyl adjacent to an activating group) is 1. The molecule has 0 radical (unpaired) electrons. The van der Waals surface area contributed by atoms with Gasteiger partial charge in [0.1, 0.15) is 12.5 Å². The van der Waals surface area contributed by atoms with Gasteiger partial charge in [0.15, 0.2) is 0 Å². The first-order valence-corrected chi connectivity index (χ1v) is 7.75. The Morgan fingerprint density at radius 2 is 2.20 bits per heavy atom. The fourth-order valence-corrected chi connectivity index (χ4v) is 2.94. The van der Waals surface area contributed by atoms with Gasteiger partial charge in [-0.25, -0.2) is 0 Å². The summed E-state index contributed by atoms with van der Waals surface area (Å²) in [6.45, 7) is 2.93. The summed E-state index contributed by atoms with van der Waals surface area (Å²) in [5.74, 6) is -0.420. The number of hydrazine groups is 1. The summed E-state index contributed by atoms with van der Waals surface area (Å²) < 4.78 is 36.2. The number of ether oxygens (including phenoxy) is 1. The third-order valence-electron chi connectivity index (χ3n) is 3.41. The maximum Gasteiger partial charge on any atom is 0.283 e. The summed E-state index contributed by atoms with van der Waals surface area (Å²) in [6.07, 6.45) is 5.41. The van der Waals surface area contributed by atoms with Crippen molar-refractivity contribution in [1.29, 1.82) is 0 Å².